The van der Waals surface area contributed by atoms with Crippen LogP contribution < -0.4 is 9.47 Å². The zero-order valence-electron chi connectivity index (χ0n) is 17.7. The van der Waals surface area contributed by atoms with Crippen molar-refractivity contribution in [3.63, 3.8) is 0 Å². The van der Waals surface area contributed by atoms with Crippen molar-refractivity contribution in [3.8, 4) is 34.0 Å². The Kier molecular flexibility index (Phi) is 4.11. The van der Waals surface area contributed by atoms with Crippen molar-refractivity contribution >= 4 is 22.3 Å². The van der Waals surface area contributed by atoms with E-state index in [2.05, 4.69) is 57.3 Å². The highest BCUT2D eigenvalue weighted by atomic mass is 16.5. The van der Waals surface area contributed by atoms with Crippen LogP contribution >= 0.6 is 0 Å². The first kappa shape index (κ1) is 18.4. The molecule has 0 spiro atoms. The molecule has 0 aliphatic carbocycles. The highest BCUT2D eigenvalue weighted by Gasteiger charge is 2.18. The molecule has 0 atom stereocenters. The fourth-order valence-corrected chi connectivity index (χ4v) is 4.28. The molecule has 0 aliphatic rings. The van der Waals surface area contributed by atoms with E-state index < -0.39 is 0 Å². The summed E-state index contributed by atoms with van der Waals surface area (Å²) in [5.74, 6) is 1.65. The first-order valence-corrected chi connectivity index (χ1v) is 10.3. The van der Waals surface area contributed by atoms with Gasteiger partial charge < -0.3 is 9.47 Å². The summed E-state index contributed by atoms with van der Waals surface area (Å²) in [6.45, 7) is 0. The molecule has 0 amide bonds. The molecule has 6 rings (SSSR count). The van der Waals surface area contributed by atoms with E-state index in [1.165, 1.54) is 0 Å². The number of imidazole rings is 2. The van der Waals surface area contributed by atoms with E-state index in [0.717, 1.165) is 56.3 Å². The molecule has 0 saturated heterocycles. The fourth-order valence-electron chi connectivity index (χ4n) is 4.28. The summed E-state index contributed by atoms with van der Waals surface area (Å²) < 4.78 is 15.0. The van der Waals surface area contributed by atoms with Crippen LogP contribution in [-0.4, -0.2) is 33.0 Å². The number of aromatic nitrogens is 4. The molecule has 6 nitrogen and oxygen atoms in total. The minimum atomic E-state index is 0.814. The summed E-state index contributed by atoms with van der Waals surface area (Å²) >= 11 is 0. The summed E-state index contributed by atoms with van der Waals surface area (Å²) in [6.07, 6.45) is 3.82. The Morgan fingerprint density at radius 1 is 0.562 bits per heavy atom. The molecule has 0 N–H and O–H groups in total. The van der Waals surface area contributed by atoms with Gasteiger partial charge in [0, 0.05) is 11.1 Å². The highest BCUT2D eigenvalue weighted by molar-refractivity contribution is 5.91. The Balaban J connectivity index is 1.66. The normalized spacial score (nSPS) is 11.4. The monoisotopic (exact) mass is 420 g/mol. The van der Waals surface area contributed by atoms with Gasteiger partial charge in [-0.3, -0.25) is 8.80 Å². The molecule has 6 heteroatoms. The Hall–Kier alpha value is -4.32. The summed E-state index contributed by atoms with van der Waals surface area (Å²) in [7, 11) is 3.35. The summed E-state index contributed by atoms with van der Waals surface area (Å²) in [5, 5.41) is 0. The van der Waals surface area contributed by atoms with Gasteiger partial charge in [-0.2, -0.15) is 0 Å². The van der Waals surface area contributed by atoms with Gasteiger partial charge in [-0.1, -0.05) is 12.1 Å². The lowest BCUT2D eigenvalue weighted by Gasteiger charge is -2.12. The average Bonchev–Trinajstić information content (AvgIpc) is 3.49. The number of para-hydroxylation sites is 2. The second-order valence-corrected chi connectivity index (χ2v) is 7.55. The second-order valence-electron chi connectivity index (χ2n) is 7.55. The third-order valence-corrected chi connectivity index (χ3v) is 5.86. The van der Waals surface area contributed by atoms with Crippen molar-refractivity contribution in [3.05, 3.63) is 85.2 Å². The molecule has 3 heterocycles. The molecule has 6 aromatic rings. The Morgan fingerprint density at radius 3 is 1.34 bits per heavy atom. The zero-order valence-corrected chi connectivity index (χ0v) is 17.7. The van der Waals surface area contributed by atoms with E-state index >= 15 is 0 Å². The van der Waals surface area contributed by atoms with Gasteiger partial charge in [-0.15, -0.1) is 0 Å². The molecule has 3 aromatic heterocycles. The number of methoxy groups -OCH3 is 2. The van der Waals surface area contributed by atoms with Gasteiger partial charge in [-0.25, -0.2) is 9.97 Å². The van der Waals surface area contributed by atoms with Crippen LogP contribution in [0, 0.1) is 0 Å². The number of fused-ring (bicyclic) bond motifs is 6. The Bertz CT molecular complexity index is 1460. The lowest BCUT2D eigenvalue weighted by atomic mass is 10.1. The highest BCUT2D eigenvalue weighted by Crippen LogP contribution is 2.32. The molecule has 3 aromatic carbocycles. The van der Waals surface area contributed by atoms with Crippen molar-refractivity contribution in [2.45, 2.75) is 0 Å². The molecular formula is C26H20N4O2. The van der Waals surface area contributed by atoms with E-state index in [1.54, 1.807) is 14.2 Å². The van der Waals surface area contributed by atoms with Crippen molar-refractivity contribution in [2.75, 3.05) is 14.2 Å². The summed E-state index contributed by atoms with van der Waals surface area (Å²) in [5.41, 5.74) is 7.90. The molecule has 0 bridgehead atoms. The van der Waals surface area contributed by atoms with Gasteiger partial charge in [0.2, 0.25) is 0 Å². The van der Waals surface area contributed by atoms with Gasteiger partial charge in [0.1, 0.15) is 11.5 Å². The third-order valence-electron chi connectivity index (χ3n) is 5.86. The number of nitrogens with zero attached hydrogens (tertiary/aromatic N) is 4. The van der Waals surface area contributed by atoms with Crippen LogP contribution in [0.5, 0.6) is 11.5 Å². The molecule has 0 unspecified atom stereocenters. The van der Waals surface area contributed by atoms with Gasteiger partial charge in [0.25, 0.3) is 0 Å². The maximum Gasteiger partial charge on any atom is 0.182 e. The van der Waals surface area contributed by atoms with Crippen LogP contribution in [0.3, 0.4) is 0 Å². The largest absolute Gasteiger partial charge is 0.497 e. The minimum absolute atomic E-state index is 0.814. The third kappa shape index (κ3) is 2.66. The molecule has 156 valence electrons. The molecule has 32 heavy (non-hydrogen) atoms. The van der Waals surface area contributed by atoms with Gasteiger partial charge in [0.15, 0.2) is 11.3 Å². The van der Waals surface area contributed by atoms with Crippen LogP contribution in [0.25, 0.3) is 44.8 Å². The predicted octanol–water partition coefficient (Wildman–Crippen LogP) is 5.49. The van der Waals surface area contributed by atoms with Gasteiger partial charge in [-0.05, 0) is 60.7 Å². The van der Waals surface area contributed by atoms with Gasteiger partial charge in [0.05, 0.1) is 49.0 Å². The topological polar surface area (TPSA) is 53.1 Å². The molecule has 0 radical (unpaired) electrons. The number of benzene rings is 3. The van der Waals surface area contributed by atoms with E-state index in [4.69, 9.17) is 19.4 Å². The van der Waals surface area contributed by atoms with Crippen LogP contribution in [0.2, 0.25) is 0 Å². The van der Waals surface area contributed by atoms with Crippen molar-refractivity contribution < 1.29 is 9.47 Å². The quantitative estimate of drug-likeness (QED) is 0.379. The SMILES string of the molecule is COc1ccc(-c2cnc3c4ncc(-c5ccc(OC)cc5)n4c4ccccc4n23)cc1. The molecular weight excluding hydrogens is 400 g/mol. The fraction of sp³-hybridized carbons (Fsp3) is 0.0769. The average molecular weight is 420 g/mol. The van der Waals surface area contributed by atoms with Crippen LogP contribution in [-0.2, 0) is 0 Å². The zero-order chi connectivity index (χ0) is 21.7. The van der Waals surface area contributed by atoms with Crippen molar-refractivity contribution in [2.24, 2.45) is 0 Å². The summed E-state index contributed by atoms with van der Waals surface area (Å²) in [6, 6.07) is 24.4. The van der Waals surface area contributed by atoms with Gasteiger partial charge >= 0.3 is 0 Å². The maximum atomic E-state index is 5.32. The number of hydrogen-bond donors (Lipinski definition) is 0. The van der Waals surface area contributed by atoms with E-state index in [1.807, 2.05) is 36.7 Å². The van der Waals surface area contributed by atoms with Crippen LogP contribution in [0.4, 0.5) is 0 Å². The maximum absolute atomic E-state index is 5.32. The van der Waals surface area contributed by atoms with Crippen LogP contribution in [0.1, 0.15) is 0 Å². The first-order chi connectivity index (χ1) is 15.8. The Labute approximate surface area is 184 Å². The predicted molar refractivity (Wildman–Crippen MR) is 125 cm³/mol. The van der Waals surface area contributed by atoms with E-state index in [9.17, 15) is 0 Å². The lowest BCUT2D eigenvalue weighted by Crippen LogP contribution is -2.00. The molecule has 0 fully saturated rings. The first-order valence-electron chi connectivity index (χ1n) is 10.3. The molecule has 0 saturated carbocycles. The van der Waals surface area contributed by atoms with E-state index in [0.29, 0.717) is 0 Å². The summed E-state index contributed by atoms with van der Waals surface area (Å²) in [4.78, 5) is 9.56. The standard InChI is InChI=1S/C26H20N4O2/c1-31-19-11-7-17(8-12-19)23-15-27-25-26-28-16-24(18-9-13-20(32-2)14-10-18)30(26)22-6-4-3-5-21(22)29(23)25/h3-16H,1-2H3. The van der Waals surface area contributed by atoms with Crippen molar-refractivity contribution in [1.29, 1.82) is 0 Å². The number of ether oxygens (including phenoxy) is 2. The second kappa shape index (κ2) is 7.13. The number of rotatable bonds is 4. The number of hydrogen-bond acceptors (Lipinski definition) is 4. The van der Waals surface area contributed by atoms with Crippen molar-refractivity contribution in [1.82, 2.24) is 18.8 Å². The lowest BCUT2D eigenvalue weighted by molar-refractivity contribution is 0.415. The molecule has 0 aliphatic heterocycles. The Morgan fingerprint density at radius 2 is 0.969 bits per heavy atom. The smallest absolute Gasteiger partial charge is 0.182 e. The van der Waals surface area contributed by atoms with Crippen LogP contribution in [0.15, 0.2) is 85.2 Å². The van der Waals surface area contributed by atoms with E-state index in [-0.39, 0.29) is 0 Å². The minimum Gasteiger partial charge on any atom is -0.497 e.